The lowest BCUT2D eigenvalue weighted by molar-refractivity contribution is -0.155. The van der Waals surface area contributed by atoms with Crippen molar-refractivity contribution in [3.8, 4) is 0 Å². The Kier molecular flexibility index (Phi) is 5.77. The van der Waals surface area contributed by atoms with Crippen LogP contribution in [0.15, 0.2) is 17.0 Å². The third-order valence-electron chi connectivity index (χ3n) is 5.04. The van der Waals surface area contributed by atoms with Crippen LogP contribution >= 0.6 is 0 Å². The molecule has 0 spiro atoms. The first kappa shape index (κ1) is 20.4. The molecular weight excluding hydrogens is 358 g/mol. The third-order valence-corrected chi connectivity index (χ3v) is 6.13. The second-order valence-electron chi connectivity index (χ2n) is 7.03. The standard InChI is InChI=1S/C18H25NO6S/c1-12-8-14(26(4,23)24)9-15(13(12)2)16(20)19-7-5-6-18(10-19,11-25-3)17(21)22/h8-9H,5-7,10-11H2,1-4H3,(H,21,22). The van der Waals surface area contributed by atoms with E-state index in [9.17, 15) is 23.1 Å². The van der Waals surface area contributed by atoms with Crippen LogP contribution in [0.4, 0.5) is 0 Å². The van der Waals surface area contributed by atoms with E-state index in [4.69, 9.17) is 4.74 Å². The Morgan fingerprint density at radius 3 is 2.50 bits per heavy atom. The van der Waals surface area contributed by atoms with Crippen molar-refractivity contribution in [3.63, 3.8) is 0 Å². The molecule has 0 aromatic heterocycles. The Hall–Kier alpha value is -1.93. The maximum absolute atomic E-state index is 13.1. The molecule has 2 rings (SSSR count). The van der Waals surface area contributed by atoms with Crippen molar-refractivity contribution >= 4 is 21.7 Å². The highest BCUT2D eigenvalue weighted by atomic mass is 32.2. The first-order valence-corrected chi connectivity index (χ1v) is 10.2. The Morgan fingerprint density at radius 1 is 1.31 bits per heavy atom. The minimum Gasteiger partial charge on any atom is -0.481 e. The molecule has 1 aliphatic heterocycles. The summed E-state index contributed by atoms with van der Waals surface area (Å²) in [5.74, 6) is -1.34. The number of rotatable bonds is 5. The van der Waals surface area contributed by atoms with Gasteiger partial charge in [-0.2, -0.15) is 0 Å². The lowest BCUT2D eigenvalue weighted by Crippen LogP contribution is -2.52. The highest BCUT2D eigenvalue weighted by Gasteiger charge is 2.44. The lowest BCUT2D eigenvalue weighted by atomic mass is 9.80. The quantitative estimate of drug-likeness (QED) is 0.830. The van der Waals surface area contributed by atoms with Crippen molar-refractivity contribution in [1.82, 2.24) is 4.90 Å². The van der Waals surface area contributed by atoms with Crippen molar-refractivity contribution in [1.29, 1.82) is 0 Å². The number of hydrogen-bond acceptors (Lipinski definition) is 5. The van der Waals surface area contributed by atoms with E-state index in [1.54, 1.807) is 19.9 Å². The van der Waals surface area contributed by atoms with Crippen LogP contribution in [0.5, 0.6) is 0 Å². The lowest BCUT2D eigenvalue weighted by Gasteiger charge is -2.39. The molecule has 26 heavy (non-hydrogen) atoms. The van der Waals surface area contributed by atoms with Crippen LogP contribution in [0.3, 0.4) is 0 Å². The summed E-state index contributed by atoms with van der Waals surface area (Å²) in [5, 5.41) is 9.64. The van der Waals surface area contributed by atoms with Crippen molar-refractivity contribution in [2.45, 2.75) is 31.6 Å². The molecule has 1 N–H and O–H groups in total. The topological polar surface area (TPSA) is 101 Å². The van der Waals surface area contributed by atoms with Gasteiger partial charge in [-0.25, -0.2) is 8.42 Å². The highest BCUT2D eigenvalue weighted by Crippen LogP contribution is 2.32. The minimum absolute atomic E-state index is 0.0213. The molecule has 1 aliphatic rings. The molecule has 0 radical (unpaired) electrons. The number of sulfone groups is 1. The van der Waals surface area contributed by atoms with Crippen molar-refractivity contribution < 1.29 is 27.9 Å². The number of carboxylic acids is 1. The number of methoxy groups -OCH3 is 1. The summed E-state index contributed by atoms with van der Waals surface area (Å²) in [6.45, 7) is 4.00. The van der Waals surface area contributed by atoms with E-state index < -0.39 is 21.2 Å². The summed E-state index contributed by atoms with van der Waals surface area (Å²) >= 11 is 0. The molecule has 0 bridgehead atoms. The predicted octanol–water partition coefficient (Wildman–Crippen LogP) is 1.66. The molecule has 8 heteroatoms. The zero-order chi connectivity index (χ0) is 19.7. The first-order chi connectivity index (χ1) is 12.0. The molecule has 0 aliphatic carbocycles. The fourth-order valence-electron chi connectivity index (χ4n) is 3.37. The molecule has 1 saturated heterocycles. The summed E-state index contributed by atoms with van der Waals surface area (Å²) in [6, 6.07) is 2.93. The van der Waals surface area contributed by atoms with Crippen molar-refractivity contribution in [3.05, 3.63) is 28.8 Å². The van der Waals surface area contributed by atoms with Gasteiger partial charge in [0.1, 0.15) is 5.41 Å². The van der Waals surface area contributed by atoms with Gasteiger partial charge in [-0.1, -0.05) is 0 Å². The van der Waals surface area contributed by atoms with Gasteiger partial charge in [0.2, 0.25) is 0 Å². The fourth-order valence-corrected chi connectivity index (χ4v) is 4.09. The Balaban J connectivity index is 2.43. The molecular formula is C18H25NO6S. The van der Waals surface area contributed by atoms with E-state index in [1.165, 1.54) is 18.1 Å². The molecule has 1 atom stereocenters. The number of carbonyl (C=O) groups is 2. The number of piperidine rings is 1. The van der Waals surface area contributed by atoms with E-state index in [-0.39, 0.29) is 24.0 Å². The van der Waals surface area contributed by atoms with Gasteiger partial charge in [0.25, 0.3) is 5.91 Å². The van der Waals surface area contributed by atoms with Crippen LogP contribution in [-0.2, 0) is 19.4 Å². The van der Waals surface area contributed by atoms with Gasteiger partial charge >= 0.3 is 5.97 Å². The molecule has 144 valence electrons. The second-order valence-corrected chi connectivity index (χ2v) is 9.05. The first-order valence-electron chi connectivity index (χ1n) is 8.35. The number of benzene rings is 1. The van der Waals surface area contributed by atoms with Crippen LogP contribution in [0.1, 0.15) is 34.3 Å². The summed E-state index contributed by atoms with van der Waals surface area (Å²) in [5.41, 5.74) is 0.555. The number of carbonyl (C=O) groups excluding carboxylic acids is 1. The summed E-state index contributed by atoms with van der Waals surface area (Å²) < 4.78 is 28.9. The van der Waals surface area contributed by atoms with Crippen LogP contribution in [0, 0.1) is 19.3 Å². The average molecular weight is 383 g/mol. The largest absolute Gasteiger partial charge is 0.481 e. The fraction of sp³-hybridized carbons (Fsp3) is 0.556. The van der Waals surface area contributed by atoms with Crippen molar-refractivity contribution in [2.75, 3.05) is 33.1 Å². The zero-order valence-corrected chi connectivity index (χ0v) is 16.4. The zero-order valence-electron chi connectivity index (χ0n) is 15.5. The van der Waals surface area contributed by atoms with Crippen LogP contribution in [-0.4, -0.2) is 63.4 Å². The molecule has 1 aromatic rings. The van der Waals surface area contributed by atoms with Gasteiger partial charge in [0.05, 0.1) is 11.5 Å². The van der Waals surface area contributed by atoms with Gasteiger partial charge in [-0.3, -0.25) is 9.59 Å². The maximum Gasteiger partial charge on any atom is 0.313 e. The van der Waals surface area contributed by atoms with E-state index in [0.29, 0.717) is 36.1 Å². The number of hydrogen-bond donors (Lipinski definition) is 1. The van der Waals surface area contributed by atoms with Gasteiger partial charge < -0.3 is 14.7 Å². The van der Waals surface area contributed by atoms with Gasteiger partial charge in [0.15, 0.2) is 9.84 Å². The number of ether oxygens (including phenoxy) is 1. The number of carboxylic acid groups (broad SMARTS) is 1. The summed E-state index contributed by atoms with van der Waals surface area (Å²) in [6.07, 6.45) is 2.08. The number of amides is 1. The smallest absolute Gasteiger partial charge is 0.313 e. The Morgan fingerprint density at radius 2 is 1.96 bits per heavy atom. The highest BCUT2D eigenvalue weighted by molar-refractivity contribution is 7.90. The SMILES string of the molecule is COCC1(C(=O)O)CCCN(C(=O)c2cc(S(C)(=O)=O)cc(C)c2C)C1. The molecule has 1 amide bonds. The Labute approximate surface area is 153 Å². The maximum atomic E-state index is 13.1. The van der Waals surface area contributed by atoms with Gasteiger partial charge in [-0.05, 0) is 49.9 Å². The Bertz CT molecular complexity index is 828. The number of likely N-dealkylation sites (tertiary alicyclic amines) is 1. The number of nitrogens with zero attached hydrogens (tertiary/aromatic N) is 1. The van der Waals surface area contributed by atoms with Crippen LogP contribution < -0.4 is 0 Å². The number of aryl methyl sites for hydroxylation is 1. The van der Waals surface area contributed by atoms with Crippen LogP contribution in [0.25, 0.3) is 0 Å². The minimum atomic E-state index is -3.46. The summed E-state index contributed by atoms with van der Waals surface area (Å²) in [7, 11) is -2.02. The molecule has 1 fully saturated rings. The normalized spacial score (nSPS) is 20.8. The molecule has 1 unspecified atom stereocenters. The molecule has 1 heterocycles. The van der Waals surface area contributed by atoms with E-state index >= 15 is 0 Å². The molecule has 7 nitrogen and oxygen atoms in total. The van der Waals surface area contributed by atoms with E-state index in [2.05, 4.69) is 0 Å². The van der Waals surface area contributed by atoms with E-state index in [0.717, 1.165) is 6.26 Å². The summed E-state index contributed by atoms with van der Waals surface area (Å²) in [4.78, 5) is 26.4. The predicted molar refractivity (Wildman–Crippen MR) is 96.1 cm³/mol. The van der Waals surface area contributed by atoms with E-state index in [1.807, 2.05) is 0 Å². The third kappa shape index (κ3) is 3.91. The second kappa shape index (κ2) is 7.36. The number of aliphatic carboxylic acids is 1. The van der Waals surface area contributed by atoms with Gasteiger partial charge in [0, 0.05) is 32.0 Å². The molecule has 1 aromatic carbocycles. The van der Waals surface area contributed by atoms with Gasteiger partial charge in [-0.15, -0.1) is 0 Å². The monoisotopic (exact) mass is 383 g/mol. The van der Waals surface area contributed by atoms with Crippen molar-refractivity contribution in [2.24, 2.45) is 5.41 Å². The van der Waals surface area contributed by atoms with Crippen LogP contribution in [0.2, 0.25) is 0 Å². The average Bonchev–Trinajstić information content (AvgIpc) is 2.56. The molecule has 0 saturated carbocycles.